The van der Waals surface area contributed by atoms with Crippen LogP contribution in [0.1, 0.15) is 32.0 Å². The van der Waals surface area contributed by atoms with Crippen LogP contribution in [0.3, 0.4) is 0 Å². The molecule has 4 nitrogen and oxygen atoms in total. The average Bonchev–Trinajstić information content (AvgIpc) is 2.14. The zero-order valence-corrected chi connectivity index (χ0v) is 11.4. The zero-order chi connectivity index (χ0) is 13.1. The van der Waals surface area contributed by atoms with Crippen LogP contribution in [-0.4, -0.2) is 19.2 Å². The van der Waals surface area contributed by atoms with Gasteiger partial charge >= 0.3 is 0 Å². The second kappa shape index (κ2) is 5.14. The summed E-state index contributed by atoms with van der Waals surface area (Å²) >= 11 is 0. The Balaban J connectivity index is 2.91. The highest BCUT2D eigenvalue weighted by Gasteiger charge is 2.23. The minimum absolute atomic E-state index is 0.0301. The van der Waals surface area contributed by atoms with Gasteiger partial charge in [0.2, 0.25) is 0 Å². The number of pyridine rings is 1. The first kappa shape index (κ1) is 14.1. The molecule has 0 aliphatic carbocycles. The van der Waals surface area contributed by atoms with Gasteiger partial charge in [0.05, 0.1) is 17.2 Å². The van der Waals surface area contributed by atoms with Gasteiger partial charge in [-0.3, -0.25) is 4.98 Å². The quantitative estimate of drug-likeness (QED) is 0.886. The molecule has 0 unspecified atom stereocenters. The fourth-order valence-electron chi connectivity index (χ4n) is 1.71. The van der Waals surface area contributed by atoms with E-state index in [1.54, 1.807) is 12.3 Å². The number of aromatic nitrogens is 1. The van der Waals surface area contributed by atoms with Crippen molar-refractivity contribution in [3.63, 3.8) is 0 Å². The molecular formula is C12H20N2O2S. The summed E-state index contributed by atoms with van der Waals surface area (Å²) < 4.78 is 24.0. The molecule has 0 aliphatic rings. The van der Waals surface area contributed by atoms with Crippen molar-refractivity contribution in [2.75, 3.05) is 5.75 Å². The molecule has 1 aromatic rings. The molecule has 17 heavy (non-hydrogen) atoms. The summed E-state index contributed by atoms with van der Waals surface area (Å²) in [5.74, 6) is 0.123. The molecule has 96 valence electrons. The molecule has 0 bridgehead atoms. The highest BCUT2D eigenvalue weighted by atomic mass is 32.2. The summed E-state index contributed by atoms with van der Waals surface area (Å²) in [7, 11) is -3.14. The monoisotopic (exact) mass is 256 g/mol. The second-order valence-electron chi connectivity index (χ2n) is 5.41. The Bertz CT molecular complexity index is 476. The van der Waals surface area contributed by atoms with E-state index in [9.17, 15) is 8.42 Å². The van der Waals surface area contributed by atoms with Crippen molar-refractivity contribution >= 4 is 9.84 Å². The SMILES string of the molecule is CC(C)(C)CS(=O)(=O)Cc1ncccc1CN. The van der Waals surface area contributed by atoms with E-state index in [0.29, 0.717) is 12.2 Å². The van der Waals surface area contributed by atoms with Gasteiger partial charge in [-0.1, -0.05) is 26.8 Å². The maximum Gasteiger partial charge on any atom is 0.156 e. The first-order valence-corrected chi connectivity index (χ1v) is 7.39. The predicted octanol–water partition coefficient (Wildman–Crippen LogP) is 1.50. The molecule has 0 amide bonds. The first-order chi connectivity index (χ1) is 7.73. The lowest BCUT2D eigenvalue weighted by Crippen LogP contribution is -2.23. The standard InChI is InChI=1S/C12H20N2O2S/c1-12(2,3)9-17(15,16)8-11-10(7-13)5-4-6-14-11/h4-6H,7-9,13H2,1-3H3. The Hall–Kier alpha value is -0.940. The summed E-state index contributed by atoms with van der Waals surface area (Å²) in [5, 5.41) is 0. The highest BCUT2D eigenvalue weighted by Crippen LogP contribution is 2.19. The second-order valence-corrected chi connectivity index (χ2v) is 7.47. The van der Waals surface area contributed by atoms with Crippen LogP contribution in [0.2, 0.25) is 0 Å². The van der Waals surface area contributed by atoms with Crippen LogP contribution in [0.4, 0.5) is 0 Å². The molecule has 0 aliphatic heterocycles. The molecule has 5 heteroatoms. The topological polar surface area (TPSA) is 73.0 Å². The van der Waals surface area contributed by atoms with Crippen molar-refractivity contribution in [1.29, 1.82) is 0 Å². The number of hydrogen-bond acceptors (Lipinski definition) is 4. The van der Waals surface area contributed by atoms with Gasteiger partial charge in [-0.15, -0.1) is 0 Å². The van der Waals surface area contributed by atoms with Crippen molar-refractivity contribution in [3.05, 3.63) is 29.6 Å². The zero-order valence-electron chi connectivity index (χ0n) is 10.6. The summed E-state index contributed by atoms with van der Waals surface area (Å²) in [5.41, 5.74) is 6.69. The van der Waals surface area contributed by atoms with E-state index in [0.717, 1.165) is 5.56 Å². The van der Waals surface area contributed by atoms with Crippen LogP contribution in [0.15, 0.2) is 18.3 Å². The largest absolute Gasteiger partial charge is 0.326 e. The summed E-state index contributed by atoms with van der Waals surface area (Å²) in [4.78, 5) is 4.11. The van der Waals surface area contributed by atoms with Crippen molar-refractivity contribution in [1.82, 2.24) is 4.98 Å². The van der Waals surface area contributed by atoms with Gasteiger partial charge in [-0.2, -0.15) is 0 Å². The van der Waals surface area contributed by atoms with E-state index in [1.807, 2.05) is 26.8 Å². The van der Waals surface area contributed by atoms with Crippen LogP contribution in [0, 0.1) is 5.41 Å². The maximum absolute atomic E-state index is 12.0. The van der Waals surface area contributed by atoms with Crippen LogP contribution in [0.25, 0.3) is 0 Å². The van der Waals surface area contributed by atoms with Gasteiger partial charge in [-0.05, 0) is 17.0 Å². The first-order valence-electron chi connectivity index (χ1n) is 5.57. The van der Waals surface area contributed by atoms with E-state index in [2.05, 4.69) is 4.98 Å². The Morgan fingerprint density at radius 2 is 2.00 bits per heavy atom. The number of nitrogens with two attached hydrogens (primary N) is 1. The molecule has 2 N–H and O–H groups in total. The van der Waals surface area contributed by atoms with Crippen molar-refractivity contribution < 1.29 is 8.42 Å². The van der Waals surface area contributed by atoms with Crippen LogP contribution in [-0.2, 0) is 22.1 Å². The van der Waals surface area contributed by atoms with Crippen molar-refractivity contribution in [2.45, 2.75) is 33.1 Å². The van der Waals surface area contributed by atoms with E-state index < -0.39 is 9.84 Å². The van der Waals surface area contributed by atoms with Crippen molar-refractivity contribution in [2.24, 2.45) is 11.1 Å². The lowest BCUT2D eigenvalue weighted by Gasteiger charge is -2.18. The van der Waals surface area contributed by atoms with Gasteiger partial charge in [0.1, 0.15) is 0 Å². The average molecular weight is 256 g/mol. The molecule has 0 atom stereocenters. The van der Waals surface area contributed by atoms with Gasteiger partial charge in [-0.25, -0.2) is 8.42 Å². The van der Waals surface area contributed by atoms with Crippen molar-refractivity contribution in [3.8, 4) is 0 Å². The normalized spacial score (nSPS) is 12.7. The molecule has 0 aromatic carbocycles. The molecule has 1 aromatic heterocycles. The van der Waals surface area contributed by atoms with E-state index in [1.165, 1.54) is 0 Å². The van der Waals surface area contributed by atoms with Gasteiger partial charge in [0.15, 0.2) is 9.84 Å². The fourth-order valence-corrected chi connectivity index (χ4v) is 3.80. The molecule has 0 spiro atoms. The Morgan fingerprint density at radius 1 is 1.35 bits per heavy atom. The third kappa shape index (κ3) is 4.83. The maximum atomic E-state index is 12.0. The number of nitrogens with zero attached hydrogens (tertiary/aromatic N) is 1. The molecular weight excluding hydrogens is 236 g/mol. The van der Waals surface area contributed by atoms with E-state index in [4.69, 9.17) is 5.73 Å². The number of sulfone groups is 1. The van der Waals surface area contributed by atoms with E-state index >= 15 is 0 Å². The third-order valence-electron chi connectivity index (χ3n) is 2.21. The molecule has 1 heterocycles. The number of rotatable bonds is 4. The van der Waals surface area contributed by atoms with Crippen LogP contribution < -0.4 is 5.73 Å². The molecule has 0 saturated carbocycles. The summed E-state index contributed by atoms with van der Waals surface area (Å²) in [6.07, 6.45) is 1.60. The third-order valence-corrected chi connectivity index (χ3v) is 4.23. The van der Waals surface area contributed by atoms with E-state index in [-0.39, 0.29) is 16.9 Å². The van der Waals surface area contributed by atoms with Crippen LogP contribution >= 0.6 is 0 Å². The molecule has 0 fully saturated rings. The minimum atomic E-state index is -3.14. The Labute approximate surface area is 103 Å². The van der Waals surface area contributed by atoms with Crippen LogP contribution in [0.5, 0.6) is 0 Å². The molecule has 0 saturated heterocycles. The number of hydrogen-bond donors (Lipinski definition) is 1. The van der Waals surface area contributed by atoms with Gasteiger partial charge < -0.3 is 5.73 Å². The lowest BCUT2D eigenvalue weighted by atomic mass is 10.0. The Morgan fingerprint density at radius 3 is 2.53 bits per heavy atom. The highest BCUT2D eigenvalue weighted by molar-refractivity contribution is 7.90. The molecule has 0 radical (unpaired) electrons. The Kier molecular flexibility index (Phi) is 4.27. The predicted molar refractivity (Wildman–Crippen MR) is 69.1 cm³/mol. The van der Waals surface area contributed by atoms with Gasteiger partial charge in [0, 0.05) is 12.7 Å². The lowest BCUT2D eigenvalue weighted by molar-refractivity contribution is 0.461. The van der Waals surface area contributed by atoms with Gasteiger partial charge in [0.25, 0.3) is 0 Å². The fraction of sp³-hybridized carbons (Fsp3) is 0.583. The summed E-state index contributed by atoms with van der Waals surface area (Å²) in [6, 6.07) is 3.58. The smallest absolute Gasteiger partial charge is 0.156 e. The molecule has 1 rings (SSSR count). The minimum Gasteiger partial charge on any atom is -0.326 e. The summed E-state index contributed by atoms with van der Waals surface area (Å²) in [6.45, 7) is 6.04.